The number of aryl methyl sites for hydroxylation is 1. The number of nitrogens with two attached hydrogens (primary N) is 2. The lowest BCUT2D eigenvalue weighted by Gasteiger charge is -2.42. The third-order valence-electron chi connectivity index (χ3n) is 6.71. The molecule has 0 bridgehead atoms. The minimum absolute atomic E-state index is 0.0708. The van der Waals surface area contributed by atoms with E-state index in [0.717, 1.165) is 33.3 Å². The summed E-state index contributed by atoms with van der Waals surface area (Å²) in [6.45, 7) is 3.94. The number of aromatic amines is 1. The number of hydrogen-bond donors (Lipinski definition) is 3. The molecule has 4 rings (SSSR count). The van der Waals surface area contributed by atoms with Crippen molar-refractivity contribution in [3.63, 3.8) is 0 Å². The second-order valence-corrected chi connectivity index (χ2v) is 9.00. The summed E-state index contributed by atoms with van der Waals surface area (Å²) in [4.78, 5) is 19.0. The molecule has 35 heavy (non-hydrogen) atoms. The molecule has 0 spiro atoms. The molecule has 5 N–H and O–H groups in total. The fraction of sp³-hybridized carbons (Fsp3) is 0.400. The maximum Gasteiger partial charge on any atom is 0.390 e. The highest BCUT2D eigenvalue weighted by molar-refractivity contribution is 5.98. The average molecular weight is 490 g/mol. The highest BCUT2D eigenvalue weighted by Gasteiger charge is 2.33. The van der Waals surface area contributed by atoms with Crippen LogP contribution in [0.3, 0.4) is 0 Å². The highest BCUT2D eigenvalue weighted by Crippen LogP contribution is 2.36. The fourth-order valence-corrected chi connectivity index (χ4v) is 4.87. The number of methoxy groups -OCH3 is 1. The number of nitrogen functional groups attached to an aromatic ring is 1. The molecule has 1 aliphatic rings. The molecule has 2 aromatic carbocycles. The summed E-state index contributed by atoms with van der Waals surface area (Å²) >= 11 is 0. The Bertz CT molecular complexity index is 1220. The molecule has 0 aliphatic carbocycles. The SMILES string of the molecule is COc1cc(C)c2[nH]ccc2c1CN1CCN(CCC(F)(F)F)C[C@@H]1c1ccc(C(N)=O)c(N)c1. The van der Waals surface area contributed by atoms with E-state index in [4.69, 9.17) is 16.2 Å². The number of nitrogens with one attached hydrogen (secondary N) is 1. The maximum atomic E-state index is 12.9. The normalized spacial score (nSPS) is 17.7. The monoisotopic (exact) mass is 489 g/mol. The van der Waals surface area contributed by atoms with Crippen LogP contribution in [0.4, 0.5) is 18.9 Å². The smallest absolute Gasteiger partial charge is 0.390 e. The van der Waals surface area contributed by atoms with Crippen molar-refractivity contribution in [2.75, 3.05) is 39.0 Å². The standard InChI is InChI=1S/C25H30F3N5O2/c1-15-11-22(35-2)19(17-5-7-31-23(15)17)13-33-10-9-32(8-6-25(26,27)28)14-21(33)16-3-4-18(24(30)34)20(29)12-16/h3-5,7,11-12,21,31H,6,8-10,13-14,29H2,1-2H3,(H2,30,34)/t21-/m1/s1. The molecule has 1 amide bonds. The lowest BCUT2D eigenvalue weighted by atomic mass is 9.97. The predicted molar refractivity (Wildman–Crippen MR) is 129 cm³/mol. The van der Waals surface area contributed by atoms with Gasteiger partial charge in [-0.3, -0.25) is 14.6 Å². The first-order valence-corrected chi connectivity index (χ1v) is 11.4. The fourth-order valence-electron chi connectivity index (χ4n) is 4.87. The molecule has 10 heteroatoms. The number of ether oxygens (including phenoxy) is 1. The maximum absolute atomic E-state index is 12.9. The average Bonchev–Trinajstić information content (AvgIpc) is 3.30. The van der Waals surface area contributed by atoms with Crippen molar-refractivity contribution >= 4 is 22.5 Å². The van der Waals surface area contributed by atoms with Crippen LogP contribution in [0.2, 0.25) is 0 Å². The quantitative estimate of drug-likeness (QED) is 0.436. The van der Waals surface area contributed by atoms with Gasteiger partial charge in [0.05, 0.1) is 19.1 Å². The Morgan fingerprint density at radius 2 is 2.00 bits per heavy atom. The molecular formula is C25H30F3N5O2. The minimum Gasteiger partial charge on any atom is -0.496 e. The topological polar surface area (TPSA) is 101 Å². The zero-order valence-corrected chi connectivity index (χ0v) is 19.8. The van der Waals surface area contributed by atoms with E-state index in [0.29, 0.717) is 26.2 Å². The lowest BCUT2D eigenvalue weighted by molar-refractivity contribution is -0.139. The number of carbonyl (C=O) groups excluding carboxylic acids is 1. The van der Waals surface area contributed by atoms with Gasteiger partial charge in [-0.05, 0) is 42.3 Å². The summed E-state index contributed by atoms with van der Waals surface area (Å²) in [5.74, 6) is 0.136. The number of fused-ring (bicyclic) bond motifs is 1. The Morgan fingerprint density at radius 1 is 1.23 bits per heavy atom. The zero-order valence-electron chi connectivity index (χ0n) is 19.8. The van der Waals surface area contributed by atoms with E-state index in [9.17, 15) is 18.0 Å². The van der Waals surface area contributed by atoms with Crippen molar-refractivity contribution in [2.45, 2.75) is 32.1 Å². The van der Waals surface area contributed by atoms with Crippen molar-refractivity contribution < 1.29 is 22.7 Å². The van der Waals surface area contributed by atoms with Gasteiger partial charge in [-0.15, -0.1) is 0 Å². The summed E-state index contributed by atoms with van der Waals surface area (Å²) in [6, 6.07) is 8.82. The zero-order chi connectivity index (χ0) is 25.3. The van der Waals surface area contributed by atoms with Gasteiger partial charge in [0.2, 0.25) is 0 Å². The Labute approximate surface area is 201 Å². The number of nitrogens with zero attached hydrogens (tertiary/aromatic N) is 2. The molecule has 1 aliphatic heterocycles. The van der Waals surface area contributed by atoms with Crippen LogP contribution in [0.25, 0.3) is 10.9 Å². The molecule has 0 unspecified atom stereocenters. The largest absolute Gasteiger partial charge is 0.496 e. The first kappa shape index (κ1) is 24.9. The van der Waals surface area contributed by atoms with Gasteiger partial charge < -0.3 is 21.2 Å². The van der Waals surface area contributed by atoms with Gasteiger partial charge in [0.1, 0.15) is 5.75 Å². The molecule has 3 aromatic rings. The third kappa shape index (κ3) is 5.38. The Balaban J connectivity index is 1.68. The number of aromatic nitrogens is 1. The Kier molecular flexibility index (Phi) is 6.95. The number of rotatable bonds is 7. The minimum atomic E-state index is -4.21. The summed E-state index contributed by atoms with van der Waals surface area (Å²) in [7, 11) is 1.63. The second kappa shape index (κ2) is 9.79. The van der Waals surface area contributed by atoms with Crippen molar-refractivity contribution in [2.24, 2.45) is 5.73 Å². The van der Waals surface area contributed by atoms with Crippen LogP contribution in [-0.4, -0.2) is 60.2 Å². The number of primary amides is 1. The van der Waals surface area contributed by atoms with Crippen LogP contribution < -0.4 is 16.2 Å². The van der Waals surface area contributed by atoms with Crippen molar-refractivity contribution in [3.8, 4) is 5.75 Å². The molecule has 1 saturated heterocycles. The number of halogens is 3. The first-order valence-electron chi connectivity index (χ1n) is 11.4. The molecule has 2 heterocycles. The number of amides is 1. The van der Waals surface area contributed by atoms with E-state index in [1.165, 1.54) is 0 Å². The molecule has 1 aromatic heterocycles. The Hall–Kier alpha value is -3.24. The Morgan fingerprint density at radius 3 is 2.66 bits per heavy atom. The third-order valence-corrected chi connectivity index (χ3v) is 6.71. The molecular weight excluding hydrogens is 459 g/mol. The van der Waals surface area contributed by atoms with Gasteiger partial charge in [-0.2, -0.15) is 13.2 Å². The van der Waals surface area contributed by atoms with E-state index < -0.39 is 18.5 Å². The highest BCUT2D eigenvalue weighted by atomic mass is 19.4. The van der Waals surface area contributed by atoms with Gasteiger partial charge >= 0.3 is 6.18 Å². The van der Waals surface area contributed by atoms with Crippen LogP contribution in [0.5, 0.6) is 5.75 Å². The van der Waals surface area contributed by atoms with Gasteiger partial charge in [0.25, 0.3) is 5.91 Å². The molecule has 7 nitrogen and oxygen atoms in total. The number of carbonyl (C=O) groups is 1. The molecule has 1 fully saturated rings. The van der Waals surface area contributed by atoms with Crippen LogP contribution >= 0.6 is 0 Å². The van der Waals surface area contributed by atoms with Gasteiger partial charge in [-0.1, -0.05) is 6.07 Å². The molecule has 1 atom stereocenters. The van der Waals surface area contributed by atoms with E-state index in [1.54, 1.807) is 25.3 Å². The van der Waals surface area contributed by atoms with Crippen LogP contribution in [-0.2, 0) is 6.54 Å². The first-order chi connectivity index (χ1) is 16.6. The second-order valence-electron chi connectivity index (χ2n) is 9.00. The van der Waals surface area contributed by atoms with Crippen molar-refractivity contribution in [3.05, 3.63) is 58.8 Å². The molecule has 0 saturated carbocycles. The van der Waals surface area contributed by atoms with E-state index in [1.807, 2.05) is 30.2 Å². The van der Waals surface area contributed by atoms with Crippen LogP contribution in [0.1, 0.15) is 39.5 Å². The number of anilines is 1. The number of alkyl halides is 3. The van der Waals surface area contributed by atoms with Crippen molar-refractivity contribution in [1.82, 2.24) is 14.8 Å². The van der Waals surface area contributed by atoms with Gasteiger partial charge in [-0.25, -0.2) is 0 Å². The van der Waals surface area contributed by atoms with E-state index in [2.05, 4.69) is 9.88 Å². The summed E-state index contributed by atoms with van der Waals surface area (Å²) in [5.41, 5.74) is 15.9. The number of piperazine rings is 1. The van der Waals surface area contributed by atoms with Gasteiger partial charge in [0.15, 0.2) is 0 Å². The van der Waals surface area contributed by atoms with E-state index >= 15 is 0 Å². The summed E-state index contributed by atoms with van der Waals surface area (Å²) < 4.78 is 44.4. The van der Waals surface area contributed by atoms with Crippen LogP contribution in [0.15, 0.2) is 36.5 Å². The molecule has 188 valence electrons. The predicted octanol–water partition coefficient (Wildman–Crippen LogP) is 3.98. The van der Waals surface area contributed by atoms with Gasteiger partial charge in [0, 0.05) is 67.1 Å². The summed E-state index contributed by atoms with van der Waals surface area (Å²) in [5, 5.41) is 1.05. The summed E-state index contributed by atoms with van der Waals surface area (Å²) in [6.07, 6.45) is -3.19. The lowest BCUT2D eigenvalue weighted by Crippen LogP contribution is -2.48. The van der Waals surface area contributed by atoms with Crippen LogP contribution in [0, 0.1) is 6.92 Å². The number of hydrogen-bond acceptors (Lipinski definition) is 5. The number of benzene rings is 2. The van der Waals surface area contributed by atoms with Crippen molar-refractivity contribution in [1.29, 1.82) is 0 Å². The van der Waals surface area contributed by atoms with E-state index in [-0.39, 0.29) is 23.8 Å². The molecule has 0 radical (unpaired) electrons. The number of H-pyrrole nitrogens is 1.